The zero-order valence-corrected chi connectivity index (χ0v) is 24.3. The number of aliphatic hydroxyl groups excluding tert-OH is 3. The van der Waals surface area contributed by atoms with E-state index in [2.05, 4.69) is 65.5 Å². The zero-order valence-electron chi connectivity index (χ0n) is 20.3. The quantitative estimate of drug-likeness (QED) is 0.252. The van der Waals surface area contributed by atoms with Gasteiger partial charge in [0.05, 0.1) is 17.7 Å². The molecular formula is C19H46O6Si4. The van der Waals surface area contributed by atoms with Gasteiger partial charge in [-0.2, -0.15) is 0 Å². The van der Waals surface area contributed by atoms with Crippen molar-refractivity contribution in [1.29, 1.82) is 0 Å². The molecule has 0 aliphatic heterocycles. The van der Waals surface area contributed by atoms with E-state index in [-0.39, 0.29) is 25.0 Å². The summed E-state index contributed by atoms with van der Waals surface area (Å²) >= 11 is 0. The fourth-order valence-corrected chi connectivity index (χ4v) is 18.0. The molecule has 3 atom stereocenters. The lowest BCUT2D eigenvalue weighted by atomic mass is 9.99. The number of hydrogen-bond acceptors (Lipinski definition) is 6. The Labute approximate surface area is 183 Å². The first-order valence-corrected chi connectivity index (χ1v) is 22.6. The third-order valence-electron chi connectivity index (χ3n) is 4.00. The molecule has 0 aromatic carbocycles. The first-order chi connectivity index (χ1) is 12.9. The third kappa shape index (κ3) is 11.5. The molecule has 0 spiro atoms. The molecule has 0 saturated heterocycles. The first-order valence-electron chi connectivity index (χ1n) is 10.6. The molecule has 6 nitrogen and oxygen atoms in total. The van der Waals surface area contributed by atoms with Crippen LogP contribution >= 0.6 is 0 Å². The Hall–Kier alpha value is 0.368. The minimum atomic E-state index is -3.28. The third-order valence-corrected chi connectivity index (χ3v) is 16.4. The molecule has 29 heavy (non-hydrogen) atoms. The summed E-state index contributed by atoms with van der Waals surface area (Å²) in [7, 11) is -9.47. The second kappa shape index (κ2) is 11.3. The van der Waals surface area contributed by atoms with E-state index in [1.807, 2.05) is 6.92 Å². The van der Waals surface area contributed by atoms with Crippen LogP contribution in [0.2, 0.25) is 64.5 Å². The standard InChI is InChI=1S/C19H46O6Si4/c1-12-18(19(22)16(2)15-17(21)13-14-20)29(23-26(3,4)5,24-27(6,7)8)25-28(9,10)11/h17-22H,2,12-15H2,1,3-11H3. The first kappa shape index (κ1) is 29.4. The summed E-state index contributed by atoms with van der Waals surface area (Å²) in [6, 6.07) is 0. The lowest BCUT2D eigenvalue weighted by Crippen LogP contribution is -2.64. The van der Waals surface area contributed by atoms with Gasteiger partial charge in [-0.3, -0.25) is 0 Å². The monoisotopic (exact) mass is 482 g/mol. The predicted molar refractivity (Wildman–Crippen MR) is 131 cm³/mol. The summed E-state index contributed by atoms with van der Waals surface area (Å²) in [6.07, 6.45) is -0.515. The molecule has 0 heterocycles. The smallest absolute Gasteiger partial charge is 0.417 e. The van der Waals surface area contributed by atoms with Crippen molar-refractivity contribution in [3.8, 4) is 0 Å². The van der Waals surface area contributed by atoms with Gasteiger partial charge < -0.3 is 27.7 Å². The minimum Gasteiger partial charge on any atom is -0.417 e. The molecule has 10 heteroatoms. The largest absolute Gasteiger partial charge is 0.475 e. The van der Waals surface area contributed by atoms with Crippen molar-refractivity contribution in [3.63, 3.8) is 0 Å². The highest BCUT2D eigenvalue weighted by Crippen LogP contribution is 2.40. The van der Waals surface area contributed by atoms with Gasteiger partial charge >= 0.3 is 8.80 Å². The Morgan fingerprint density at radius 3 is 1.48 bits per heavy atom. The minimum absolute atomic E-state index is 0.101. The topological polar surface area (TPSA) is 88.4 Å². The van der Waals surface area contributed by atoms with E-state index in [0.29, 0.717) is 12.0 Å². The van der Waals surface area contributed by atoms with Crippen molar-refractivity contribution in [2.45, 2.75) is 103 Å². The highest BCUT2D eigenvalue weighted by atomic mass is 28.5. The molecule has 0 aromatic rings. The van der Waals surface area contributed by atoms with E-state index in [4.69, 9.17) is 17.5 Å². The Bertz CT molecular complexity index is 470. The average molecular weight is 483 g/mol. The molecule has 0 radical (unpaired) electrons. The van der Waals surface area contributed by atoms with Gasteiger partial charge in [-0.1, -0.05) is 13.5 Å². The van der Waals surface area contributed by atoms with Crippen LogP contribution in [0.5, 0.6) is 0 Å². The van der Waals surface area contributed by atoms with Gasteiger partial charge in [-0.15, -0.1) is 0 Å². The molecule has 0 amide bonds. The summed E-state index contributed by atoms with van der Waals surface area (Å²) in [5.41, 5.74) is 0.189. The van der Waals surface area contributed by atoms with Crippen molar-refractivity contribution in [2.75, 3.05) is 6.61 Å². The molecule has 174 valence electrons. The van der Waals surface area contributed by atoms with Crippen molar-refractivity contribution in [3.05, 3.63) is 12.2 Å². The van der Waals surface area contributed by atoms with Gasteiger partial charge in [0.2, 0.25) is 0 Å². The van der Waals surface area contributed by atoms with Gasteiger partial charge in [0.15, 0.2) is 25.0 Å². The van der Waals surface area contributed by atoms with E-state index >= 15 is 0 Å². The molecule has 0 rings (SSSR count). The Morgan fingerprint density at radius 2 is 1.21 bits per heavy atom. The number of hydrogen-bond donors (Lipinski definition) is 3. The number of aliphatic hydroxyl groups is 3. The Kier molecular flexibility index (Phi) is 11.4. The van der Waals surface area contributed by atoms with Gasteiger partial charge in [0.1, 0.15) is 0 Å². The van der Waals surface area contributed by atoms with Gasteiger partial charge in [-0.25, -0.2) is 0 Å². The average Bonchev–Trinajstić information content (AvgIpc) is 2.41. The predicted octanol–water partition coefficient (Wildman–Crippen LogP) is 4.31. The number of rotatable bonds is 14. The summed E-state index contributed by atoms with van der Waals surface area (Å²) < 4.78 is 20.3. The second-order valence-electron chi connectivity index (χ2n) is 10.7. The highest BCUT2D eigenvalue weighted by Gasteiger charge is 2.57. The summed E-state index contributed by atoms with van der Waals surface area (Å²) in [5, 5.41) is 30.4. The van der Waals surface area contributed by atoms with E-state index in [0.717, 1.165) is 0 Å². The maximum atomic E-state index is 11.3. The van der Waals surface area contributed by atoms with E-state index in [9.17, 15) is 10.2 Å². The van der Waals surface area contributed by atoms with Crippen LogP contribution in [0.25, 0.3) is 0 Å². The fraction of sp³-hybridized carbons (Fsp3) is 0.895. The summed E-state index contributed by atoms with van der Waals surface area (Å²) in [4.78, 5) is 0. The van der Waals surface area contributed by atoms with Crippen LogP contribution in [-0.2, 0) is 12.3 Å². The van der Waals surface area contributed by atoms with Gasteiger partial charge in [0, 0.05) is 6.61 Å². The van der Waals surface area contributed by atoms with Crippen molar-refractivity contribution in [2.24, 2.45) is 0 Å². The van der Waals surface area contributed by atoms with E-state index in [1.54, 1.807) is 0 Å². The Morgan fingerprint density at radius 1 is 0.828 bits per heavy atom. The van der Waals surface area contributed by atoms with Crippen LogP contribution in [-0.4, -0.2) is 67.9 Å². The normalized spacial score (nSPS) is 17.1. The molecule has 0 bridgehead atoms. The molecule has 3 N–H and O–H groups in total. The fourth-order valence-electron chi connectivity index (χ4n) is 3.20. The van der Waals surface area contributed by atoms with Crippen LogP contribution in [0.4, 0.5) is 0 Å². The van der Waals surface area contributed by atoms with Crippen molar-refractivity contribution >= 4 is 33.8 Å². The van der Waals surface area contributed by atoms with Crippen LogP contribution < -0.4 is 0 Å². The molecular weight excluding hydrogens is 437 g/mol. The molecule has 0 aromatic heterocycles. The van der Waals surface area contributed by atoms with E-state index in [1.165, 1.54) is 0 Å². The van der Waals surface area contributed by atoms with Crippen LogP contribution in [0.1, 0.15) is 26.2 Å². The van der Waals surface area contributed by atoms with Crippen molar-refractivity contribution in [1.82, 2.24) is 0 Å². The summed E-state index contributed by atoms with van der Waals surface area (Å²) in [6.45, 7) is 25.0. The second-order valence-corrected chi connectivity index (χ2v) is 27.8. The molecule has 0 fully saturated rings. The summed E-state index contributed by atoms with van der Waals surface area (Å²) in [5.74, 6) is 0. The lowest BCUT2D eigenvalue weighted by Gasteiger charge is -2.47. The van der Waals surface area contributed by atoms with Crippen LogP contribution in [0, 0.1) is 0 Å². The lowest BCUT2D eigenvalue weighted by molar-refractivity contribution is 0.110. The SMILES string of the molecule is C=C(CC(O)CCO)C(O)C(CC)[Si](O[Si](C)(C)C)(O[Si](C)(C)C)O[Si](C)(C)C. The Balaban J connectivity index is 6.20. The highest BCUT2D eigenvalue weighted by molar-refractivity contribution is 6.90. The molecule has 0 aliphatic carbocycles. The molecule has 0 saturated carbocycles. The maximum Gasteiger partial charge on any atom is 0.475 e. The molecule has 0 aliphatic rings. The van der Waals surface area contributed by atoms with Crippen LogP contribution in [0.15, 0.2) is 12.2 Å². The van der Waals surface area contributed by atoms with Crippen LogP contribution in [0.3, 0.4) is 0 Å². The molecule has 3 unspecified atom stereocenters. The zero-order chi connectivity index (χ0) is 23.3. The maximum absolute atomic E-state index is 11.3. The van der Waals surface area contributed by atoms with Gasteiger partial charge in [-0.05, 0) is 83.8 Å². The van der Waals surface area contributed by atoms with Crippen molar-refractivity contribution < 1.29 is 27.7 Å². The van der Waals surface area contributed by atoms with Gasteiger partial charge in [0.25, 0.3) is 0 Å². The van der Waals surface area contributed by atoms with E-state index < -0.39 is 46.0 Å².